The Morgan fingerprint density at radius 1 is 1.16 bits per heavy atom. The third kappa shape index (κ3) is 3.45. The van der Waals surface area contributed by atoms with Crippen molar-refractivity contribution in [1.29, 1.82) is 0 Å². The summed E-state index contributed by atoms with van der Waals surface area (Å²) < 4.78 is 5.67. The number of nitrogens with zero attached hydrogens (tertiary/aromatic N) is 1. The van der Waals surface area contributed by atoms with E-state index in [1.165, 1.54) is 15.3 Å². The van der Waals surface area contributed by atoms with Gasteiger partial charge in [-0.25, -0.2) is 0 Å². The van der Waals surface area contributed by atoms with E-state index in [-0.39, 0.29) is 18.6 Å². The van der Waals surface area contributed by atoms with Crippen LogP contribution in [-0.4, -0.2) is 24.0 Å². The summed E-state index contributed by atoms with van der Waals surface area (Å²) in [5.41, 5.74) is 1.25. The highest BCUT2D eigenvalue weighted by molar-refractivity contribution is 7.10. The topological polar surface area (TPSA) is 29.5 Å². The van der Waals surface area contributed by atoms with Gasteiger partial charge in [0.05, 0.1) is 6.04 Å². The molecule has 1 amide bonds. The Bertz CT molecular complexity index is 858. The standard InChI is InChI=1S/C19H16ClNO2S2/c20-13-3-5-14(6-4-13)23-12-18(22)21-9-7-16-15(8-11-25-16)19(21)17-2-1-10-24-17/h1-6,8,10-11,19H,7,9,12H2/t19-/m1/s1. The Kier molecular flexibility index (Phi) is 4.79. The molecule has 1 aromatic carbocycles. The molecule has 0 saturated carbocycles. The molecule has 3 nitrogen and oxygen atoms in total. The van der Waals surface area contributed by atoms with Gasteiger partial charge in [-0.05, 0) is 59.1 Å². The highest BCUT2D eigenvalue weighted by atomic mass is 35.5. The van der Waals surface area contributed by atoms with Gasteiger partial charge >= 0.3 is 0 Å². The van der Waals surface area contributed by atoms with Crippen LogP contribution in [0.15, 0.2) is 53.2 Å². The van der Waals surface area contributed by atoms with Gasteiger partial charge < -0.3 is 9.64 Å². The molecule has 2 aromatic heterocycles. The van der Waals surface area contributed by atoms with Crippen LogP contribution in [-0.2, 0) is 11.2 Å². The van der Waals surface area contributed by atoms with Crippen LogP contribution in [0.1, 0.15) is 21.4 Å². The van der Waals surface area contributed by atoms with Crippen LogP contribution < -0.4 is 4.74 Å². The number of fused-ring (bicyclic) bond motifs is 1. The lowest BCUT2D eigenvalue weighted by molar-refractivity contribution is -0.135. The molecule has 1 aliphatic rings. The van der Waals surface area contributed by atoms with Crippen molar-refractivity contribution in [2.75, 3.05) is 13.2 Å². The first-order valence-corrected chi connectivity index (χ1v) is 10.1. The van der Waals surface area contributed by atoms with Gasteiger partial charge in [0, 0.05) is 21.3 Å². The molecule has 0 aliphatic carbocycles. The van der Waals surface area contributed by atoms with Crippen LogP contribution in [0.2, 0.25) is 5.02 Å². The third-order valence-corrected chi connectivity index (χ3v) is 6.45. The van der Waals surface area contributed by atoms with Crippen molar-refractivity contribution in [3.8, 4) is 5.75 Å². The van der Waals surface area contributed by atoms with Gasteiger partial charge in [-0.1, -0.05) is 17.7 Å². The molecule has 6 heteroatoms. The molecule has 3 aromatic rings. The second-order valence-corrected chi connectivity index (χ2v) is 8.21. The van der Waals surface area contributed by atoms with E-state index in [0.717, 1.165) is 13.0 Å². The van der Waals surface area contributed by atoms with Gasteiger partial charge in [0.25, 0.3) is 5.91 Å². The molecule has 128 valence electrons. The number of hydrogen-bond donors (Lipinski definition) is 0. The SMILES string of the molecule is O=C(COc1ccc(Cl)cc1)N1CCc2sccc2[C@@H]1c1cccs1. The summed E-state index contributed by atoms with van der Waals surface area (Å²) in [4.78, 5) is 17.4. The summed E-state index contributed by atoms with van der Waals surface area (Å²) in [5.74, 6) is 0.656. The number of rotatable bonds is 4. The van der Waals surface area contributed by atoms with Gasteiger partial charge in [-0.15, -0.1) is 22.7 Å². The second-order valence-electron chi connectivity index (χ2n) is 5.80. The van der Waals surface area contributed by atoms with Crippen molar-refractivity contribution in [3.63, 3.8) is 0 Å². The molecule has 25 heavy (non-hydrogen) atoms. The number of amides is 1. The van der Waals surface area contributed by atoms with Crippen LogP contribution in [0.3, 0.4) is 0 Å². The smallest absolute Gasteiger partial charge is 0.261 e. The number of carbonyl (C=O) groups excluding carboxylic acids is 1. The van der Waals surface area contributed by atoms with E-state index in [4.69, 9.17) is 16.3 Å². The van der Waals surface area contributed by atoms with Crippen LogP contribution in [0.4, 0.5) is 0 Å². The fourth-order valence-corrected chi connectivity index (χ4v) is 4.98. The molecule has 0 bridgehead atoms. The largest absolute Gasteiger partial charge is 0.484 e. The maximum absolute atomic E-state index is 12.9. The lowest BCUT2D eigenvalue weighted by Crippen LogP contribution is -2.42. The maximum Gasteiger partial charge on any atom is 0.261 e. The van der Waals surface area contributed by atoms with Crippen molar-refractivity contribution in [2.24, 2.45) is 0 Å². The summed E-state index contributed by atoms with van der Waals surface area (Å²) in [6.45, 7) is 0.752. The predicted molar refractivity (Wildman–Crippen MR) is 103 cm³/mol. The third-order valence-electron chi connectivity index (χ3n) is 4.27. The Labute approximate surface area is 159 Å². The van der Waals surface area contributed by atoms with E-state index >= 15 is 0 Å². The summed E-state index contributed by atoms with van der Waals surface area (Å²) in [6.07, 6.45) is 0.904. The minimum Gasteiger partial charge on any atom is -0.484 e. The van der Waals surface area contributed by atoms with Crippen LogP contribution in [0, 0.1) is 0 Å². The predicted octanol–water partition coefficient (Wildman–Crippen LogP) is 5.02. The average Bonchev–Trinajstić information content (AvgIpc) is 3.31. The molecule has 1 aliphatic heterocycles. The van der Waals surface area contributed by atoms with Gasteiger partial charge in [0.1, 0.15) is 5.75 Å². The molecule has 0 N–H and O–H groups in total. The summed E-state index contributed by atoms with van der Waals surface area (Å²) in [5, 5.41) is 4.82. The highest BCUT2D eigenvalue weighted by Crippen LogP contribution is 2.39. The lowest BCUT2D eigenvalue weighted by Gasteiger charge is -2.35. The molecular formula is C19H16ClNO2S2. The van der Waals surface area contributed by atoms with Crippen molar-refractivity contribution in [1.82, 2.24) is 4.90 Å². The second kappa shape index (κ2) is 7.20. The lowest BCUT2D eigenvalue weighted by atomic mass is 9.98. The van der Waals surface area contributed by atoms with Gasteiger partial charge in [0.2, 0.25) is 0 Å². The van der Waals surface area contributed by atoms with Crippen LogP contribution >= 0.6 is 34.3 Å². The van der Waals surface area contributed by atoms with Crippen molar-refractivity contribution in [2.45, 2.75) is 12.5 Å². The Balaban J connectivity index is 1.53. The van der Waals surface area contributed by atoms with Crippen molar-refractivity contribution in [3.05, 3.63) is 73.6 Å². The first-order valence-electron chi connectivity index (χ1n) is 8.00. The number of ether oxygens (including phenoxy) is 1. The summed E-state index contributed by atoms with van der Waals surface area (Å²) in [7, 11) is 0. The molecule has 4 rings (SSSR count). The Morgan fingerprint density at radius 2 is 2.00 bits per heavy atom. The zero-order valence-corrected chi connectivity index (χ0v) is 15.7. The average molecular weight is 390 g/mol. The van der Waals surface area contributed by atoms with Crippen molar-refractivity contribution < 1.29 is 9.53 Å². The van der Waals surface area contributed by atoms with Crippen LogP contribution in [0.5, 0.6) is 5.75 Å². The van der Waals surface area contributed by atoms with E-state index in [0.29, 0.717) is 10.8 Å². The van der Waals surface area contributed by atoms with E-state index in [1.807, 2.05) is 11.0 Å². The number of benzene rings is 1. The minimum absolute atomic E-state index is 0.00341. The zero-order valence-electron chi connectivity index (χ0n) is 13.4. The molecule has 0 spiro atoms. The van der Waals surface area contributed by atoms with E-state index in [9.17, 15) is 4.79 Å². The maximum atomic E-state index is 12.9. The van der Waals surface area contributed by atoms with Crippen molar-refractivity contribution >= 4 is 40.2 Å². The minimum atomic E-state index is -0.00341. The van der Waals surface area contributed by atoms with Gasteiger partial charge in [0.15, 0.2) is 6.61 Å². The van der Waals surface area contributed by atoms with E-state index in [1.54, 1.807) is 46.9 Å². The zero-order chi connectivity index (χ0) is 17.2. The van der Waals surface area contributed by atoms with Gasteiger partial charge in [-0.3, -0.25) is 4.79 Å². The summed E-state index contributed by atoms with van der Waals surface area (Å²) in [6, 6.07) is 13.3. The normalized spacial score (nSPS) is 16.5. The number of thiophene rings is 2. The molecule has 0 saturated heterocycles. The fraction of sp³-hybridized carbons (Fsp3) is 0.211. The first-order chi connectivity index (χ1) is 12.2. The molecule has 0 unspecified atom stereocenters. The number of halogens is 1. The Morgan fingerprint density at radius 3 is 2.76 bits per heavy atom. The Hall–Kier alpha value is -1.82. The number of hydrogen-bond acceptors (Lipinski definition) is 4. The monoisotopic (exact) mass is 389 g/mol. The summed E-state index contributed by atoms with van der Waals surface area (Å²) >= 11 is 9.34. The molecule has 1 atom stereocenters. The quantitative estimate of drug-likeness (QED) is 0.627. The molecular weight excluding hydrogens is 374 g/mol. The van der Waals surface area contributed by atoms with Crippen LogP contribution in [0.25, 0.3) is 0 Å². The molecule has 0 radical (unpaired) electrons. The van der Waals surface area contributed by atoms with E-state index < -0.39 is 0 Å². The highest BCUT2D eigenvalue weighted by Gasteiger charge is 2.33. The number of carbonyl (C=O) groups is 1. The molecule has 3 heterocycles. The first kappa shape index (κ1) is 16.6. The molecule has 0 fully saturated rings. The van der Waals surface area contributed by atoms with E-state index in [2.05, 4.69) is 22.9 Å². The fourth-order valence-electron chi connectivity index (χ4n) is 3.10. The van der Waals surface area contributed by atoms with Gasteiger partial charge in [-0.2, -0.15) is 0 Å².